The summed E-state index contributed by atoms with van der Waals surface area (Å²) in [6, 6.07) is 56.1. The summed E-state index contributed by atoms with van der Waals surface area (Å²) in [4.78, 5) is 10.8. The molecule has 11 aromatic rings. The Kier molecular flexibility index (Phi) is 5.51. The molecule has 5 heteroatoms. The summed E-state index contributed by atoms with van der Waals surface area (Å²) < 4.78 is 7.25. The number of nitrogens with zero attached hydrogens (tertiary/aromatic N) is 4. The summed E-state index contributed by atoms with van der Waals surface area (Å²) in [7, 11) is 0. The average molecular weight is 643 g/mol. The molecule has 49 heavy (non-hydrogen) atoms. The van der Waals surface area contributed by atoms with Gasteiger partial charge >= 0.3 is 0 Å². The van der Waals surface area contributed by atoms with Gasteiger partial charge in [0.1, 0.15) is 0 Å². The number of aromatic nitrogens is 4. The van der Waals surface area contributed by atoms with Crippen molar-refractivity contribution in [2.24, 2.45) is 0 Å². The van der Waals surface area contributed by atoms with Gasteiger partial charge in [0.2, 0.25) is 5.95 Å². The lowest BCUT2D eigenvalue weighted by molar-refractivity contribution is 1.02. The zero-order valence-corrected chi connectivity index (χ0v) is 27.0. The Labute approximate surface area is 284 Å². The van der Waals surface area contributed by atoms with Crippen LogP contribution in [0.15, 0.2) is 158 Å². The molecule has 0 spiro atoms. The third-order valence-electron chi connectivity index (χ3n) is 9.93. The monoisotopic (exact) mass is 642 g/mol. The van der Waals surface area contributed by atoms with Crippen molar-refractivity contribution in [3.05, 3.63) is 158 Å². The van der Waals surface area contributed by atoms with Gasteiger partial charge < -0.3 is 4.57 Å². The predicted octanol–water partition coefficient (Wildman–Crippen LogP) is 11.9. The van der Waals surface area contributed by atoms with E-state index < -0.39 is 0 Å². The fraction of sp³-hybridized carbons (Fsp3) is 0. The first kappa shape index (κ1) is 26.7. The van der Waals surface area contributed by atoms with Gasteiger partial charge in [0.15, 0.2) is 0 Å². The van der Waals surface area contributed by atoms with Crippen LogP contribution >= 0.6 is 11.3 Å². The molecule has 0 bridgehead atoms. The number of rotatable bonds is 3. The minimum absolute atomic E-state index is 0.675. The molecule has 7 aromatic carbocycles. The van der Waals surface area contributed by atoms with Gasteiger partial charge in [-0.15, -0.1) is 11.3 Å². The van der Waals surface area contributed by atoms with E-state index in [-0.39, 0.29) is 0 Å². The second-order valence-corrected chi connectivity index (χ2v) is 13.6. The lowest BCUT2D eigenvalue weighted by Gasteiger charge is -2.13. The molecule has 0 fully saturated rings. The van der Waals surface area contributed by atoms with E-state index in [1.54, 1.807) is 0 Å². The number of hydrogen-bond acceptors (Lipinski definition) is 3. The van der Waals surface area contributed by atoms with E-state index in [1.807, 2.05) is 11.3 Å². The standard InChI is InChI=1S/C44H26N4S/c1-2-15-28(16-3-1)47-38-24-11-8-20-34(38)42-41(47)35-26-25-32-30-18-7-10-23-37(30)48(40(32)43(35)49-42)44-45-36-22-9-6-19-33(36)39(46-44)31-21-12-14-27-13-4-5-17-29(27)31/h1-26H. The van der Waals surface area contributed by atoms with Gasteiger partial charge in [-0.3, -0.25) is 4.57 Å². The van der Waals surface area contributed by atoms with Gasteiger partial charge in [-0.25, -0.2) is 9.97 Å². The summed E-state index contributed by atoms with van der Waals surface area (Å²) in [6.45, 7) is 0. The number of thiophene rings is 1. The van der Waals surface area contributed by atoms with Crippen molar-refractivity contribution in [2.45, 2.75) is 0 Å². The van der Waals surface area contributed by atoms with Gasteiger partial charge in [-0.2, -0.15) is 0 Å². The molecule has 0 amide bonds. The lowest BCUT2D eigenvalue weighted by atomic mass is 9.99. The van der Waals surface area contributed by atoms with Crippen LogP contribution in [0.4, 0.5) is 0 Å². The predicted molar refractivity (Wildman–Crippen MR) is 207 cm³/mol. The molecule has 4 nitrogen and oxygen atoms in total. The highest BCUT2D eigenvalue weighted by Crippen LogP contribution is 2.47. The van der Waals surface area contributed by atoms with Crippen molar-refractivity contribution in [2.75, 3.05) is 0 Å². The van der Waals surface area contributed by atoms with E-state index in [0.717, 1.165) is 38.9 Å². The lowest BCUT2D eigenvalue weighted by Crippen LogP contribution is -2.03. The van der Waals surface area contributed by atoms with Crippen LogP contribution in [-0.2, 0) is 0 Å². The minimum atomic E-state index is 0.675. The minimum Gasteiger partial charge on any atom is -0.308 e. The molecule has 0 aliphatic rings. The van der Waals surface area contributed by atoms with Crippen LogP contribution in [0.1, 0.15) is 0 Å². The number of benzene rings is 7. The summed E-state index contributed by atoms with van der Waals surface area (Å²) in [5, 5.41) is 8.30. The van der Waals surface area contributed by atoms with Crippen molar-refractivity contribution in [1.29, 1.82) is 0 Å². The molecule has 0 saturated carbocycles. The third-order valence-corrected chi connectivity index (χ3v) is 11.2. The van der Waals surface area contributed by atoms with Crippen molar-refractivity contribution in [3.8, 4) is 22.9 Å². The smallest absolute Gasteiger partial charge is 0.235 e. The van der Waals surface area contributed by atoms with Crippen LogP contribution in [0.25, 0.3) is 97.6 Å². The molecule has 0 N–H and O–H groups in total. The molecular weight excluding hydrogens is 617 g/mol. The molecule has 0 aliphatic heterocycles. The van der Waals surface area contributed by atoms with Gasteiger partial charge in [-0.1, -0.05) is 127 Å². The molecule has 11 rings (SSSR count). The van der Waals surface area contributed by atoms with Crippen LogP contribution in [-0.4, -0.2) is 19.1 Å². The van der Waals surface area contributed by atoms with Crippen molar-refractivity contribution < 1.29 is 0 Å². The first-order chi connectivity index (χ1) is 24.3. The van der Waals surface area contributed by atoms with Crippen LogP contribution in [0.3, 0.4) is 0 Å². The molecule has 4 heterocycles. The molecule has 0 saturated heterocycles. The topological polar surface area (TPSA) is 35.6 Å². The number of fused-ring (bicyclic) bond motifs is 11. The second-order valence-electron chi connectivity index (χ2n) is 12.6. The quantitative estimate of drug-likeness (QED) is 0.192. The molecule has 4 aromatic heterocycles. The Balaban J connectivity index is 1.30. The van der Waals surface area contributed by atoms with Gasteiger partial charge in [0.25, 0.3) is 0 Å². The zero-order chi connectivity index (χ0) is 32.1. The Bertz CT molecular complexity index is 3110. The summed E-state index contributed by atoms with van der Waals surface area (Å²) >= 11 is 1.87. The largest absolute Gasteiger partial charge is 0.308 e. The van der Waals surface area contributed by atoms with E-state index in [9.17, 15) is 0 Å². The van der Waals surface area contributed by atoms with Crippen molar-refractivity contribution >= 4 is 86.0 Å². The number of hydrogen-bond donors (Lipinski definition) is 0. The fourth-order valence-corrected chi connectivity index (χ4v) is 9.19. The highest BCUT2D eigenvalue weighted by Gasteiger charge is 2.24. The Morgan fingerprint density at radius 3 is 1.88 bits per heavy atom. The molecule has 0 radical (unpaired) electrons. The van der Waals surface area contributed by atoms with Crippen molar-refractivity contribution in [1.82, 2.24) is 19.1 Å². The summed E-state index contributed by atoms with van der Waals surface area (Å²) in [5.41, 5.74) is 8.82. The first-order valence-electron chi connectivity index (χ1n) is 16.5. The van der Waals surface area contributed by atoms with E-state index in [2.05, 4.69) is 167 Å². The van der Waals surface area contributed by atoms with Gasteiger partial charge in [-0.05, 0) is 41.1 Å². The zero-order valence-electron chi connectivity index (χ0n) is 26.2. The highest BCUT2D eigenvalue weighted by molar-refractivity contribution is 7.27. The van der Waals surface area contributed by atoms with Gasteiger partial charge in [0.05, 0.1) is 42.7 Å². The summed E-state index contributed by atoms with van der Waals surface area (Å²) in [5.74, 6) is 0.675. The first-order valence-corrected chi connectivity index (χ1v) is 17.3. The normalized spacial score (nSPS) is 12.1. The fourth-order valence-electron chi connectivity index (χ4n) is 7.83. The molecular formula is C44H26N4S. The SMILES string of the molecule is c1ccc(-n2c3ccccc3c3sc4c(ccc5c6ccccc6n(-c6nc(-c7cccc8ccccc78)c7ccccc7n6)c54)c32)cc1. The van der Waals surface area contributed by atoms with Gasteiger partial charge in [0, 0.05) is 38.2 Å². The number of para-hydroxylation sites is 4. The Morgan fingerprint density at radius 2 is 1.02 bits per heavy atom. The Hall–Kier alpha value is -6.30. The van der Waals surface area contributed by atoms with Crippen LogP contribution in [0.2, 0.25) is 0 Å². The summed E-state index contributed by atoms with van der Waals surface area (Å²) in [6.07, 6.45) is 0. The van der Waals surface area contributed by atoms with E-state index in [4.69, 9.17) is 9.97 Å². The third kappa shape index (κ3) is 3.73. The molecule has 0 aliphatic carbocycles. The maximum atomic E-state index is 5.48. The van der Waals surface area contributed by atoms with Crippen LogP contribution < -0.4 is 0 Å². The van der Waals surface area contributed by atoms with Crippen LogP contribution in [0, 0.1) is 0 Å². The van der Waals surface area contributed by atoms with Crippen molar-refractivity contribution in [3.63, 3.8) is 0 Å². The second kappa shape index (κ2) is 10.1. The van der Waals surface area contributed by atoms with Crippen LogP contribution in [0.5, 0.6) is 0 Å². The Morgan fingerprint density at radius 1 is 0.408 bits per heavy atom. The average Bonchev–Trinajstić information content (AvgIpc) is 3.82. The van der Waals surface area contributed by atoms with E-state index in [1.165, 1.54) is 52.8 Å². The molecule has 0 atom stereocenters. The molecule has 228 valence electrons. The molecule has 0 unspecified atom stereocenters. The maximum Gasteiger partial charge on any atom is 0.235 e. The van der Waals surface area contributed by atoms with E-state index >= 15 is 0 Å². The maximum absolute atomic E-state index is 5.48. The van der Waals surface area contributed by atoms with E-state index in [0.29, 0.717) is 5.95 Å². The highest BCUT2D eigenvalue weighted by atomic mass is 32.1.